The molecule has 0 amide bonds. The van der Waals surface area contributed by atoms with Crippen molar-refractivity contribution in [3.63, 3.8) is 0 Å². The van der Waals surface area contributed by atoms with E-state index >= 15 is 0 Å². The molecule has 2 aromatic carbocycles. The minimum absolute atomic E-state index is 0.0623. The third-order valence-corrected chi connectivity index (χ3v) is 3.97. The first-order chi connectivity index (χ1) is 11.0. The maximum absolute atomic E-state index is 13.3. The van der Waals surface area contributed by atoms with Crippen LogP contribution in [0.1, 0.15) is 24.0 Å². The summed E-state index contributed by atoms with van der Waals surface area (Å²) >= 11 is 0. The average Bonchev–Trinajstić information content (AvgIpc) is 3.35. The Morgan fingerprint density at radius 2 is 1.61 bits per heavy atom. The van der Waals surface area contributed by atoms with Gasteiger partial charge < -0.3 is 0 Å². The number of rotatable bonds is 6. The molecule has 0 saturated heterocycles. The molecule has 0 atom stereocenters. The molecule has 0 aliphatic heterocycles. The lowest BCUT2D eigenvalue weighted by Crippen LogP contribution is -2.25. The molecule has 0 unspecified atom stereocenters. The van der Waals surface area contributed by atoms with Crippen LogP contribution in [0.25, 0.3) is 0 Å². The van der Waals surface area contributed by atoms with Crippen molar-refractivity contribution in [2.75, 3.05) is 0 Å². The van der Waals surface area contributed by atoms with Crippen LogP contribution in [0, 0.1) is 21.7 Å². The van der Waals surface area contributed by atoms with E-state index in [2.05, 4.69) is 4.90 Å². The Kier molecular flexibility index (Phi) is 4.34. The van der Waals surface area contributed by atoms with E-state index in [1.165, 1.54) is 18.2 Å². The van der Waals surface area contributed by atoms with Gasteiger partial charge in [-0.25, -0.2) is 8.78 Å². The van der Waals surface area contributed by atoms with Crippen LogP contribution in [0.2, 0.25) is 0 Å². The lowest BCUT2D eigenvalue weighted by atomic mass is 10.1. The van der Waals surface area contributed by atoms with E-state index in [9.17, 15) is 18.9 Å². The van der Waals surface area contributed by atoms with Gasteiger partial charge in [0, 0.05) is 31.3 Å². The van der Waals surface area contributed by atoms with E-state index in [1.54, 1.807) is 18.2 Å². The monoisotopic (exact) mass is 318 g/mol. The number of hydrogen-bond donors (Lipinski definition) is 0. The van der Waals surface area contributed by atoms with E-state index in [-0.39, 0.29) is 5.69 Å². The molecule has 4 nitrogen and oxygen atoms in total. The van der Waals surface area contributed by atoms with E-state index in [0.29, 0.717) is 19.1 Å². The van der Waals surface area contributed by atoms with Gasteiger partial charge in [0.2, 0.25) is 0 Å². The molecule has 0 heterocycles. The fourth-order valence-corrected chi connectivity index (χ4v) is 2.58. The van der Waals surface area contributed by atoms with Gasteiger partial charge >= 0.3 is 0 Å². The van der Waals surface area contributed by atoms with Crippen LogP contribution in [0.4, 0.5) is 14.5 Å². The minimum Gasteiger partial charge on any atom is -0.292 e. The number of benzene rings is 2. The second-order valence-electron chi connectivity index (χ2n) is 5.81. The van der Waals surface area contributed by atoms with Gasteiger partial charge in [-0.1, -0.05) is 18.2 Å². The zero-order chi connectivity index (χ0) is 16.4. The Morgan fingerprint density at radius 1 is 1.00 bits per heavy atom. The summed E-state index contributed by atoms with van der Waals surface area (Å²) in [6.07, 6.45) is 2.16. The quantitative estimate of drug-likeness (QED) is 0.596. The van der Waals surface area contributed by atoms with Gasteiger partial charge in [0.1, 0.15) is 0 Å². The molecule has 3 rings (SSSR count). The molecule has 1 fully saturated rings. The smallest absolute Gasteiger partial charge is 0.269 e. The van der Waals surface area contributed by atoms with Gasteiger partial charge in [-0.2, -0.15) is 0 Å². The third kappa shape index (κ3) is 3.90. The minimum atomic E-state index is -0.845. The van der Waals surface area contributed by atoms with Crippen LogP contribution >= 0.6 is 0 Å². The van der Waals surface area contributed by atoms with Crippen molar-refractivity contribution in [2.45, 2.75) is 32.0 Å². The SMILES string of the molecule is O=[N+]([O-])c1ccc(CN(Cc2ccc(F)c(F)c2)C2CC2)cc1. The van der Waals surface area contributed by atoms with E-state index in [0.717, 1.165) is 30.0 Å². The third-order valence-electron chi connectivity index (χ3n) is 3.97. The lowest BCUT2D eigenvalue weighted by Gasteiger charge is -2.22. The molecule has 1 aliphatic rings. The average molecular weight is 318 g/mol. The highest BCUT2D eigenvalue weighted by Crippen LogP contribution is 2.30. The Morgan fingerprint density at radius 3 is 2.17 bits per heavy atom. The number of hydrogen-bond acceptors (Lipinski definition) is 3. The number of halogens is 2. The van der Waals surface area contributed by atoms with Crippen molar-refractivity contribution < 1.29 is 13.7 Å². The summed E-state index contributed by atoms with van der Waals surface area (Å²) in [7, 11) is 0. The molecule has 0 N–H and O–H groups in total. The van der Waals surface area contributed by atoms with Gasteiger partial charge in [0.05, 0.1) is 4.92 Å². The number of nitro groups is 1. The van der Waals surface area contributed by atoms with Crippen molar-refractivity contribution in [1.29, 1.82) is 0 Å². The highest BCUT2D eigenvalue weighted by Gasteiger charge is 2.29. The van der Waals surface area contributed by atoms with Crippen molar-refractivity contribution >= 4 is 5.69 Å². The maximum atomic E-state index is 13.3. The van der Waals surface area contributed by atoms with Crippen LogP contribution in [0.5, 0.6) is 0 Å². The summed E-state index contributed by atoms with van der Waals surface area (Å²) in [6.45, 7) is 1.15. The van der Waals surface area contributed by atoms with Gasteiger partial charge in [0.15, 0.2) is 11.6 Å². The van der Waals surface area contributed by atoms with Crippen LogP contribution < -0.4 is 0 Å². The topological polar surface area (TPSA) is 46.4 Å². The maximum Gasteiger partial charge on any atom is 0.269 e. The molecule has 0 bridgehead atoms. The van der Waals surface area contributed by atoms with Crippen molar-refractivity contribution in [3.8, 4) is 0 Å². The molecule has 2 aromatic rings. The first-order valence-electron chi connectivity index (χ1n) is 7.44. The first kappa shape index (κ1) is 15.6. The highest BCUT2D eigenvalue weighted by atomic mass is 19.2. The fourth-order valence-electron chi connectivity index (χ4n) is 2.58. The molecule has 1 aliphatic carbocycles. The summed E-state index contributed by atoms with van der Waals surface area (Å²) in [5.74, 6) is -1.68. The van der Waals surface area contributed by atoms with Crippen LogP contribution in [-0.2, 0) is 13.1 Å². The molecule has 1 saturated carbocycles. The Labute approximate surface area is 132 Å². The summed E-state index contributed by atoms with van der Waals surface area (Å²) < 4.78 is 26.3. The molecule has 0 aromatic heterocycles. The lowest BCUT2D eigenvalue weighted by molar-refractivity contribution is -0.384. The van der Waals surface area contributed by atoms with Crippen LogP contribution in [0.3, 0.4) is 0 Å². The Balaban J connectivity index is 1.71. The van der Waals surface area contributed by atoms with Crippen molar-refractivity contribution in [3.05, 3.63) is 75.3 Å². The summed E-state index contributed by atoms with van der Waals surface area (Å²) in [5.41, 5.74) is 1.75. The standard InChI is InChI=1S/C17H16F2N2O2/c18-16-8-3-13(9-17(16)19)11-20(14-6-7-14)10-12-1-4-15(5-2-12)21(22)23/h1-5,8-9,14H,6-7,10-11H2. The van der Waals surface area contributed by atoms with Crippen LogP contribution in [0.15, 0.2) is 42.5 Å². The summed E-state index contributed by atoms with van der Waals surface area (Å²) in [5, 5.41) is 10.7. The molecule has 6 heteroatoms. The number of nitro benzene ring substituents is 1. The number of nitrogens with zero attached hydrogens (tertiary/aromatic N) is 2. The Bertz CT molecular complexity index is 715. The molecular formula is C17H16F2N2O2. The molecule has 120 valence electrons. The normalized spacial score (nSPS) is 14.2. The summed E-state index contributed by atoms with van der Waals surface area (Å²) in [4.78, 5) is 12.4. The van der Waals surface area contributed by atoms with Gasteiger partial charge in [-0.05, 0) is 36.1 Å². The summed E-state index contributed by atoms with van der Waals surface area (Å²) in [6, 6.07) is 10.8. The second kappa shape index (κ2) is 6.42. The number of non-ortho nitro benzene ring substituents is 1. The van der Waals surface area contributed by atoms with Crippen LogP contribution in [-0.4, -0.2) is 15.9 Å². The second-order valence-corrected chi connectivity index (χ2v) is 5.81. The molecular weight excluding hydrogens is 302 g/mol. The Hall–Kier alpha value is -2.34. The van der Waals surface area contributed by atoms with E-state index in [1.807, 2.05) is 0 Å². The highest BCUT2D eigenvalue weighted by molar-refractivity contribution is 5.33. The van der Waals surface area contributed by atoms with Gasteiger partial charge in [0.25, 0.3) is 5.69 Å². The zero-order valence-electron chi connectivity index (χ0n) is 12.4. The first-order valence-corrected chi connectivity index (χ1v) is 7.44. The molecule has 0 spiro atoms. The van der Waals surface area contributed by atoms with Gasteiger partial charge in [-0.3, -0.25) is 15.0 Å². The molecule has 23 heavy (non-hydrogen) atoms. The van der Waals surface area contributed by atoms with Crippen molar-refractivity contribution in [1.82, 2.24) is 4.90 Å². The van der Waals surface area contributed by atoms with Gasteiger partial charge in [-0.15, -0.1) is 0 Å². The predicted octanol–water partition coefficient (Wildman–Crippen LogP) is 4.04. The molecule has 0 radical (unpaired) electrons. The largest absolute Gasteiger partial charge is 0.292 e. The van der Waals surface area contributed by atoms with Crippen molar-refractivity contribution in [2.24, 2.45) is 0 Å². The van der Waals surface area contributed by atoms with E-state index < -0.39 is 16.6 Å². The predicted molar refractivity (Wildman–Crippen MR) is 81.7 cm³/mol. The van der Waals surface area contributed by atoms with E-state index in [4.69, 9.17) is 0 Å². The fraction of sp³-hybridized carbons (Fsp3) is 0.294. The zero-order valence-corrected chi connectivity index (χ0v) is 12.4.